The first-order valence-electron chi connectivity index (χ1n) is 8.38. The van der Waals surface area contributed by atoms with Crippen LogP contribution in [0, 0.1) is 19.8 Å². The number of hydrogen-bond acceptors (Lipinski definition) is 3. The van der Waals surface area contributed by atoms with E-state index in [2.05, 4.69) is 19.9 Å². The number of furan rings is 1. The Labute approximate surface area is 137 Å². The number of benzene rings is 1. The zero-order chi connectivity index (χ0) is 16.6. The van der Waals surface area contributed by atoms with Gasteiger partial charge in [-0.2, -0.15) is 0 Å². The molecule has 0 bridgehead atoms. The number of rotatable bonds is 3. The summed E-state index contributed by atoms with van der Waals surface area (Å²) in [4.78, 5) is 14.7. The van der Waals surface area contributed by atoms with Gasteiger partial charge in [-0.25, -0.2) is 0 Å². The molecule has 1 amide bonds. The van der Waals surface area contributed by atoms with Crippen molar-refractivity contribution in [3.63, 3.8) is 0 Å². The molecule has 0 aliphatic carbocycles. The maximum atomic E-state index is 12.7. The zero-order valence-corrected chi connectivity index (χ0v) is 14.1. The largest absolute Gasteiger partial charge is 0.464 e. The SMILES string of the molecule is Cc1ccc2c(CC(=O)N3CC(CO)CCC3C)coc2c1C. The van der Waals surface area contributed by atoms with Gasteiger partial charge in [0.1, 0.15) is 5.58 Å². The van der Waals surface area contributed by atoms with Crippen LogP contribution in [0.5, 0.6) is 0 Å². The van der Waals surface area contributed by atoms with Crippen LogP contribution >= 0.6 is 0 Å². The summed E-state index contributed by atoms with van der Waals surface area (Å²) < 4.78 is 5.71. The van der Waals surface area contributed by atoms with Gasteiger partial charge < -0.3 is 14.4 Å². The molecule has 1 aliphatic heterocycles. The van der Waals surface area contributed by atoms with Crippen molar-refractivity contribution in [1.29, 1.82) is 0 Å². The minimum Gasteiger partial charge on any atom is -0.464 e. The van der Waals surface area contributed by atoms with Crippen molar-refractivity contribution in [2.45, 2.75) is 46.1 Å². The fourth-order valence-corrected chi connectivity index (χ4v) is 3.47. The summed E-state index contributed by atoms with van der Waals surface area (Å²) in [6, 6.07) is 4.36. The van der Waals surface area contributed by atoms with E-state index in [0.717, 1.165) is 34.9 Å². The Morgan fingerprint density at radius 2 is 2.13 bits per heavy atom. The number of carbonyl (C=O) groups excluding carboxylic acids is 1. The van der Waals surface area contributed by atoms with Crippen molar-refractivity contribution >= 4 is 16.9 Å². The minimum absolute atomic E-state index is 0.122. The predicted octanol–water partition coefficient (Wildman–Crippen LogP) is 3.21. The van der Waals surface area contributed by atoms with Gasteiger partial charge in [0.2, 0.25) is 5.91 Å². The highest BCUT2D eigenvalue weighted by molar-refractivity contribution is 5.89. The van der Waals surface area contributed by atoms with Crippen molar-refractivity contribution in [3.05, 3.63) is 35.1 Å². The highest BCUT2D eigenvalue weighted by Crippen LogP contribution is 2.28. The average Bonchev–Trinajstić information content (AvgIpc) is 2.95. The van der Waals surface area contributed by atoms with Gasteiger partial charge in [0, 0.05) is 30.1 Å². The number of nitrogens with zero attached hydrogens (tertiary/aromatic N) is 1. The summed E-state index contributed by atoms with van der Waals surface area (Å²) in [5.74, 6) is 0.331. The summed E-state index contributed by atoms with van der Waals surface area (Å²) in [6.45, 7) is 7.01. The van der Waals surface area contributed by atoms with E-state index in [-0.39, 0.29) is 24.5 Å². The molecule has 23 heavy (non-hydrogen) atoms. The molecule has 2 atom stereocenters. The van der Waals surface area contributed by atoms with Gasteiger partial charge in [0.25, 0.3) is 0 Å². The number of hydrogen-bond donors (Lipinski definition) is 1. The normalized spacial score (nSPS) is 21.8. The molecule has 1 fully saturated rings. The number of likely N-dealkylation sites (tertiary alicyclic amines) is 1. The molecule has 0 spiro atoms. The Kier molecular flexibility index (Phi) is 4.44. The van der Waals surface area contributed by atoms with E-state index < -0.39 is 0 Å². The van der Waals surface area contributed by atoms with Gasteiger partial charge in [-0.3, -0.25) is 4.79 Å². The Balaban J connectivity index is 1.81. The van der Waals surface area contributed by atoms with Crippen LogP contribution in [0.3, 0.4) is 0 Å². The van der Waals surface area contributed by atoms with Crippen LogP contribution in [0.25, 0.3) is 11.0 Å². The molecular formula is C19H25NO3. The molecule has 1 saturated heterocycles. The molecule has 2 aromatic rings. The van der Waals surface area contributed by atoms with E-state index in [1.165, 1.54) is 5.56 Å². The first-order chi connectivity index (χ1) is 11.0. The van der Waals surface area contributed by atoms with E-state index in [4.69, 9.17) is 4.42 Å². The molecule has 2 unspecified atom stereocenters. The molecule has 4 nitrogen and oxygen atoms in total. The van der Waals surface area contributed by atoms with E-state index in [9.17, 15) is 9.90 Å². The second-order valence-corrected chi connectivity index (χ2v) is 6.84. The number of aliphatic hydroxyl groups excluding tert-OH is 1. The molecule has 3 rings (SSSR count). The minimum atomic E-state index is 0.122. The number of carbonyl (C=O) groups is 1. The van der Waals surface area contributed by atoms with Crippen molar-refractivity contribution in [3.8, 4) is 0 Å². The summed E-state index contributed by atoms with van der Waals surface area (Å²) in [5, 5.41) is 10.4. The lowest BCUT2D eigenvalue weighted by molar-refractivity contribution is -0.135. The van der Waals surface area contributed by atoms with Crippen LogP contribution in [-0.2, 0) is 11.2 Å². The van der Waals surface area contributed by atoms with Crippen LogP contribution in [0.15, 0.2) is 22.8 Å². The van der Waals surface area contributed by atoms with E-state index in [0.29, 0.717) is 13.0 Å². The van der Waals surface area contributed by atoms with Crippen molar-refractivity contribution in [2.75, 3.05) is 13.2 Å². The Hall–Kier alpha value is -1.81. The lowest BCUT2D eigenvalue weighted by Crippen LogP contribution is -2.46. The predicted molar refractivity (Wildman–Crippen MR) is 90.4 cm³/mol. The number of aliphatic hydroxyl groups is 1. The first-order valence-corrected chi connectivity index (χ1v) is 8.38. The number of amides is 1. The number of piperidine rings is 1. The standard InChI is InChI=1S/C19H25NO3/c1-12-4-7-17-16(11-23-19(17)14(12)3)8-18(22)20-9-15(10-21)6-5-13(20)2/h4,7,11,13,15,21H,5-6,8-10H2,1-3H3. The molecule has 0 radical (unpaired) electrons. The summed E-state index contributed by atoms with van der Waals surface area (Å²) in [6.07, 6.45) is 4.03. The maximum Gasteiger partial charge on any atom is 0.227 e. The van der Waals surface area contributed by atoms with Crippen LogP contribution in [-0.4, -0.2) is 35.1 Å². The third-order valence-corrected chi connectivity index (χ3v) is 5.24. The molecule has 2 heterocycles. The molecule has 1 aromatic carbocycles. The zero-order valence-electron chi connectivity index (χ0n) is 14.1. The Bertz CT molecular complexity index is 719. The van der Waals surface area contributed by atoms with E-state index in [1.807, 2.05) is 17.9 Å². The highest BCUT2D eigenvalue weighted by Gasteiger charge is 2.29. The smallest absolute Gasteiger partial charge is 0.227 e. The van der Waals surface area contributed by atoms with Crippen LogP contribution in [0.2, 0.25) is 0 Å². The quantitative estimate of drug-likeness (QED) is 0.946. The lowest BCUT2D eigenvalue weighted by atomic mass is 9.93. The second kappa shape index (κ2) is 6.36. The molecule has 124 valence electrons. The highest BCUT2D eigenvalue weighted by atomic mass is 16.3. The molecular weight excluding hydrogens is 290 g/mol. The van der Waals surface area contributed by atoms with Gasteiger partial charge >= 0.3 is 0 Å². The summed E-state index contributed by atoms with van der Waals surface area (Å²) >= 11 is 0. The molecule has 1 aromatic heterocycles. The number of fused-ring (bicyclic) bond motifs is 1. The Morgan fingerprint density at radius 1 is 1.35 bits per heavy atom. The third kappa shape index (κ3) is 3.00. The van der Waals surface area contributed by atoms with Crippen molar-refractivity contribution in [2.24, 2.45) is 5.92 Å². The van der Waals surface area contributed by atoms with Gasteiger partial charge in [-0.1, -0.05) is 12.1 Å². The van der Waals surface area contributed by atoms with Crippen LogP contribution in [0.4, 0.5) is 0 Å². The van der Waals surface area contributed by atoms with E-state index >= 15 is 0 Å². The van der Waals surface area contributed by atoms with E-state index in [1.54, 1.807) is 6.26 Å². The van der Waals surface area contributed by atoms with Gasteiger partial charge in [0.15, 0.2) is 0 Å². The molecule has 0 saturated carbocycles. The summed E-state index contributed by atoms with van der Waals surface area (Å²) in [5.41, 5.74) is 4.16. The van der Waals surface area contributed by atoms with Crippen molar-refractivity contribution in [1.82, 2.24) is 4.90 Å². The van der Waals surface area contributed by atoms with Crippen LogP contribution < -0.4 is 0 Å². The molecule has 1 aliphatic rings. The van der Waals surface area contributed by atoms with Crippen LogP contribution in [0.1, 0.15) is 36.5 Å². The molecule has 4 heteroatoms. The molecule has 1 N–H and O–H groups in total. The maximum absolute atomic E-state index is 12.7. The van der Waals surface area contributed by atoms with Gasteiger partial charge in [-0.15, -0.1) is 0 Å². The third-order valence-electron chi connectivity index (χ3n) is 5.24. The topological polar surface area (TPSA) is 53.7 Å². The summed E-state index contributed by atoms with van der Waals surface area (Å²) in [7, 11) is 0. The van der Waals surface area contributed by atoms with Crippen molar-refractivity contribution < 1.29 is 14.3 Å². The monoisotopic (exact) mass is 315 g/mol. The second-order valence-electron chi connectivity index (χ2n) is 6.84. The average molecular weight is 315 g/mol. The Morgan fingerprint density at radius 3 is 2.87 bits per heavy atom. The van der Waals surface area contributed by atoms with Gasteiger partial charge in [0.05, 0.1) is 12.7 Å². The number of aryl methyl sites for hydroxylation is 2. The lowest BCUT2D eigenvalue weighted by Gasteiger charge is -2.37. The van der Waals surface area contributed by atoms with Gasteiger partial charge in [-0.05, 0) is 50.7 Å². The first kappa shape index (κ1) is 16.1. The fourth-order valence-electron chi connectivity index (χ4n) is 3.47. The fraction of sp³-hybridized carbons (Fsp3) is 0.526.